The van der Waals surface area contributed by atoms with Crippen LogP contribution in [0.1, 0.15) is 17.6 Å². The highest BCUT2D eigenvalue weighted by molar-refractivity contribution is 5.85. The van der Waals surface area contributed by atoms with Gasteiger partial charge in [-0.1, -0.05) is 0 Å². The molecule has 0 aliphatic carbocycles. The normalized spacial score (nSPS) is 17.2. The van der Waals surface area contributed by atoms with Crippen LogP contribution in [0.2, 0.25) is 0 Å². The second-order valence-corrected chi connectivity index (χ2v) is 2.66. The average molecular weight is 175 g/mol. The summed E-state index contributed by atoms with van der Waals surface area (Å²) in [5.41, 5.74) is 0. The minimum absolute atomic E-state index is 0. The number of hydrogen-bond acceptors (Lipinski definition) is 3. The molecule has 11 heavy (non-hydrogen) atoms. The molecule has 4 heteroatoms. The molecular formula is C7H11ClN2O. The predicted molar refractivity (Wildman–Crippen MR) is 44.1 cm³/mol. The molecule has 2 heterocycles. The second kappa shape index (κ2) is 3.24. The van der Waals surface area contributed by atoms with Crippen LogP contribution in [0.3, 0.4) is 0 Å². The van der Waals surface area contributed by atoms with Gasteiger partial charge in [-0.3, -0.25) is 0 Å². The molecule has 1 aliphatic heterocycles. The summed E-state index contributed by atoms with van der Waals surface area (Å²) in [6.07, 6.45) is 1.77. The van der Waals surface area contributed by atoms with Crippen molar-refractivity contribution in [2.24, 2.45) is 0 Å². The summed E-state index contributed by atoms with van der Waals surface area (Å²) in [7, 11) is 0. The summed E-state index contributed by atoms with van der Waals surface area (Å²) < 4.78 is 5.34. The van der Waals surface area contributed by atoms with Crippen molar-refractivity contribution in [2.45, 2.75) is 12.8 Å². The van der Waals surface area contributed by atoms with E-state index in [1.165, 1.54) is 0 Å². The summed E-state index contributed by atoms with van der Waals surface area (Å²) in [6.45, 7) is 3.95. The van der Waals surface area contributed by atoms with Crippen molar-refractivity contribution in [1.29, 1.82) is 0 Å². The van der Waals surface area contributed by atoms with Crippen molar-refractivity contribution >= 4 is 12.4 Å². The molecular weight excluding hydrogens is 164 g/mol. The first-order valence-corrected chi connectivity index (χ1v) is 3.49. The van der Waals surface area contributed by atoms with E-state index in [1.54, 1.807) is 6.20 Å². The van der Waals surface area contributed by atoms with Crippen LogP contribution in [0.4, 0.5) is 0 Å². The molecule has 1 saturated heterocycles. The van der Waals surface area contributed by atoms with Crippen LogP contribution in [-0.2, 0) is 0 Å². The van der Waals surface area contributed by atoms with Gasteiger partial charge in [-0.25, -0.2) is 4.98 Å². The number of nitrogens with one attached hydrogen (secondary N) is 1. The Morgan fingerprint density at radius 3 is 2.73 bits per heavy atom. The van der Waals surface area contributed by atoms with Gasteiger partial charge < -0.3 is 9.73 Å². The van der Waals surface area contributed by atoms with Crippen molar-refractivity contribution in [3.05, 3.63) is 17.8 Å². The minimum atomic E-state index is 0. The van der Waals surface area contributed by atoms with Crippen molar-refractivity contribution in [1.82, 2.24) is 10.3 Å². The Morgan fingerprint density at radius 1 is 1.64 bits per heavy atom. The Morgan fingerprint density at radius 2 is 2.36 bits per heavy atom. The Bertz CT molecular complexity index is 232. The Kier molecular flexibility index (Phi) is 2.52. The van der Waals surface area contributed by atoms with Crippen molar-refractivity contribution < 1.29 is 4.42 Å². The van der Waals surface area contributed by atoms with Crippen LogP contribution in [0, 0.1) is 6.92 Å². The van der Waals surface area contributed by atoms with Crippen LogP contribution >= 0.6 is 12.4 Å². The van der Waals surface area contributed by atoms with E-state index in [0.29, 0.717) is 5.92 Å². The topological polar surface area (TPSA) is 38.1 Å². The summed E-state index contributed by atoms with van der Waals surface area (Å²) in [4.78, 5) is 4.13. The van der Waals surface area contributed by atoms with Crippen molar-refractivity contribution in [3.63, 3.8) is 0 Å². The number of rotatable bonds is 1. The molecule has 0 spiro atoms. The van der Waals surface area contributed by atoms with Gasteiger partial charge in [0.25, 0.3) is 0 Å². The zero-order valence-corrected chi connectivity index (χ0v) is 7.15. The predicted octanol–water partition coefficient (Wildman–Crippen LogP) is 1.09. The SMILES string of the molecule is Cc1cnc(C2CNC2)o1.Cl. The highest BCUT2D eigenvalue weighted by Crippen LogP contribution is 2.18. The smallest absolute Gasteiger partial charge is 0.200 e. The maximum absolute atomic E-state index is 5.34. The van der Waals surface area contributed by atoms with Crippen LogP contribution in [0.25, 0.3) is 0 Å². The summed E-state index contributed by atoms with van der Waals surface area (Å²) in [6, 6.07) is 0. The fourth-order valence-corrected chi connectivity index (χ4v) is 1.02. The second-order valence-electron chi connectivity index (χ2n) is 2.66. The summed E-state index contributed by atoms with van der Waals surface area (Å²) >= 11 is 0. The van der Waals surface area contributed by atoms with E-state index in [4.69, 9.17) is 4.42 Å². The largest absolute Gasteiger partial charge is 0.446 e. The monoisotopic (exact) mass is 174 g/mol. The van der Waals surface area contributed by atoms with Gasteiger partial charge in [0, 0.05) is 13.1 Å². The zero-order valence-electron chi connectivity index (χ0n) is 6.33. The van der Waals surface area contributed by atoms with Crippen LogP contribution in [0.5, 0.6) is 0 Å². The molecule has 1 fully saturated rings. The molecule has 0 amide bonds. The van der Waals surface area contributed by atoms with E-state index in [1.807, 2.05) is 6.92 Å². The fourth-order valence-electron chi connectivity index (χ4n) is 1.02. The Hall–Kier alpha value is -0.540. The third-order valence-electron chi connectivity index (χ3n) is 1.77. The third kappa shape index (κ3) is 1.54. The number of aryl methyl sites for hydroxylation is 1. The lowest BCUT2D eigenvalue weighted by Gasteiger charge is -2.23. The van der Waals surface area contributed by atoms with E-state index >= 15 is 0 Å². The van der Waals surface area contributed by atoms with E-state index < -0.39 is 0 Å². The lowest BCUT2D eigenvalue weighted by molar-refractivity contribution is 0.350. The number of aromatic nitrogens is 1. The van der Waals surface area contributed by atoms with Crippen LogP contribution in [0.15, 0.2) is 10.6 Å². The van der Waals surface area contributed by atoms with Crippen LogP contribution in [-0.4, -0.2) is 18.1 Å². The quantitative estimate of drug-likeness (QED) is 0.693. The molecule has 0 bridgehead atoms. The molecule has 0 atom stereocenters. The van der Waals surface area contributed by atoms with Gasteiger partial charge in [-0.05, 0) is 6.92 Å². The Labute approximate surface area is 71.6 Å². The standard InChI is InChI=1S/C7H10N2O.ClH/c1-5-2-9-7(10-5)6-3-8-4-6;/h2,6,8H,3-4H2,1H3;1H. The van der Waals surface area contributed by atoms with E-state index in [2.05, 4.69) is 10.3 Å². The first kappa shape index (κ1) is 8.56. The van der Waals surface area contributed by atoms with Gasteiger partial charge in [0.2, 0.25) is 0 Å². The lowest BCUT2D eigenvalue weighted by Crippen LogP contribution is -2.40. The lowest BCUT2D eigenvalue weighted by atomic mass is 10.0. The van der Waals surface area contributed by atoms with Gasteiger partial charge >= 0.3 is 0 Å². The molecule has 1 aliphatic rings. The van der Waals surface area contributed by atoms with Gasteiger partial charge in [0.1, 0.15) is 5.76 Å². The molecule has 2 rings (SSSR count). The number of hydrogen-bond donors (Lipinski definition) is 1. The van der Waals surface area contributed by atoms with Crippen LogP contribution < -0.4 is 5.32 Å². The molecule has 0 aromatic carbocycles. The number of halogens is 1. The van der Waals surface area contributed by atoms with E-state index in [9.17, 15) is 0 Å². The highest BCUT2D eigenvalue weighted by atomic mass is 35.5. The molecule has 1 aromatic heterocycles. The molecule has 1 aromatic rings. The number of oxazole rings is 1. The maximum atomic E-state index is 5.34. The maximum Gasteiger partial charge on any atom is 0.200 e. The van der Waals surface area contributed by atoms with Gasteiger partial charge in [0.15, 0.2) is 5.89 Å². The molecule has 62 valence electrons. The Balaban J connectivity index is 0.000000605. The molecule has 0 radical (unpaired) electrons. The first-order chi connectivity index (χ1) is 4.86. The van der Waals surface area contributed by atoms with Gasteiger partial charge in [-0.2, -0.15) is 0 Å². The third-order valence-corrected chi connectivity index (χ3v) is 1.77. The highest BCUT2D eigenvalue weighted by Gasteiger charge is 2.22. The van der Waals surface area contributed by atoms with Crippen molar-refractivity contribution in [2.75, 3.05) is 13.1 Å². The van der Waals surface area contributed by atoms with E-state index in [-0.39, 0.29) is 12.4 Å². The average Bonchev–Trinajstić information content (AvgIpc) is 2.10. The zero-order chi connectivity index (χ0) is 6.97. The van der Waals surface area contributed by atoms with Gasteiger partial charge in [0.05, 0.1) is 12.1 Å². The molecule has 1 N–H and O–H groups in total. The summed E-state index contributed by atoms with van der Waals surface area (Å²) in [5.74, 6) is 2.31. The fraction of sp³-hybridized carbons (Fsp3) is 0.571. The molecule has 0 unspecified atom stereocenters. The summed E-state index contributed by atoms with van der Waals surface area (Å²) in [5, 5.41) is 3.17. The minimum Gasteiger partial charge on any atom is -0.446 e. The van der Waals surface area contributed by atoms with Crippen molar-refractivity contribution in [3.8, 4) is 0 Å². The first-order valence-electron chi connectivity index (χ1n) is 3.49. The number of nitrogens with zero attached hydrogens (tertiary/aromatic N) is 1. The molecule has 0 saturated carbocycles. The van der Waals surface area contributed by atoms with E-state index in [0.717, 1.165) is 24.7 Å². The molecule has 3 nitrogen and oxygen atoms in total. The van der Waals surface area contributed by atoms with Gasteiger partial charge in [-0.15, -0.1) is 12.4 Å².